The summed E-state index contributed by atoms with van der Waals surface area (Å²) in [5.74, 6) is -0.163. The van der Waals surface area contributed by atoms with E-state index in [1.807, 2.05) is 0 Å². The summed E-state index contributed by atoms with van der Waals surface area (Å²) in [6, 6.07) is 0. The summed E-state index contributed by atoms with van der Waals surface area (Å²) in [4.78, 5) is 27.7. The minimum Gasteiger partial charge on any atom is -0.350 e. The van der Waals surface area contributed by atoms with Crippen LogP contribution in [0.2, 0.25) is 0 Å². The molecule has 9 nitrogen and oxygen atoms in total. The number of hydrogen-bond donors (Lipinski definition) is 5. The second-order valence-electron chi connectivity index (χ2n) is 7.56. The SMILES string of the molecule is CCCCCCCCCCCCCCCC(=O)NCPONCNC(=O)CNONC. The molecule has 0 rings (SSSR count). The summed E-state index contributed by atoms with van der Waals surface area (Å²) in [5, 5.41) is 5.43. The van der Waals surface area contributed by atoms with Crippen molar-refractivity contribution < 1.29 is 19.2 Å². The predicted octanol–water partition coefficient (Wildman–Crippen LogP) is 3.39. The number of amides is 2. The first kappa shape index (κ1) is 30.2. The number of unbranched alkanes of at least 4 members (excludes halogenated alkanes) is 12. The highest BCUT2D eigenvalue weighted by Crippen LogP contribution is 2.13. The van der Waals surface area contributed by atoms with Crippen LogP contribution >= 0.6 is 8.81 Å². The first-order valence-corrected chi connectivity index (χ1v) is 13.0. The van der Waals surface area contributed by atoms with Crippen molar-refractivity contribution in [3.63, 3.8) is 0 Å². The molecule has 0 saturated carbocycles. The van der Waals surface area contributed by atoms with E-state index in [4.69, 9.17) is 4.62 Å². The van der Waals surface area contributed by atoms with E-state index in [1.54, 1.807) is 7.05 Å². The molecule has 10 heteroatoms. The molecule has 0 radical (unpaired) electrons. The van der Waals surface area contributed by atoms with Crippen molar-refractivity contribution >= 4 is 20.6 Å². The molecule has 0 bridgehead atoms. The van der Waals surface area contributed by atoms with E-state index in [-0.39, 0.29) is 33.8 Å². The summed E-state index contributed by atoms with van der Waals surface area (Å²) in [6.45, 7) is 2.47. The molecule has 31 heavy (non-hydrogen) atoms. The van der Waals surface area contributed by atoms with Crippen molar-refractivity contribution in [2.45, 2.75) is 96.8 Å². The lowest BCUT2D eigenvalue weighted by Crippen LogP contribution is -2.39. The van der Waals surface area contributed by atoms with Gasteiger partial charge in [0.15, 0.2) is 0 Å². The van der Waals surface area contributed by atoms with Crippen LogP contribution in [0.5, 0.6) is 0 Å². The molecule has 0 aliphatic rings. The largest absolute Gasteiger partial charge is 0.350 e. The fraction of sp³-hybridized carbons (Fsp3) is 0.905. The Labute approximate surface area is 190 Å². The Balaban J connectivity index is 3.22. The average molecular weight is 464 g/mol. The van der Waals surface area contributed by atoms with Gasteiger partial charge in [-0.1, -0.05) is 84.0 Å². The van der Waals surface area contributed by atoms with E-state index in [0.717, 1.165) is 12.8 Å². The highest BCUT2D eigenvalue weighted by atomic mass is 31.1. The maximum Gasteiger partial charge on any atom is 0.237 e. The highest BCUT2D eigenvalue weighted by molar-refractivity contribution is 7.32. The molecule has 5 N–H and O–H groups in total. The smallest absolute Gasteiger partial charge is 0.237 e. The lowest BCUT2D eigenvalue weighted by Gasteiger charge is -2.09. The van der Waals surface area contributed by atoms with Crippen LogP contribution in [0.15, 0.2) is 0 Å². The Morgan fingerprint density at radius 1 is 0.742 bits per heavy atom. The van der Waals surface area contributed by atoms with Crippen LogP contribution in [0.1, 0.15) is 96.8 Å². The van der Waals surface area contributed by atoms with Crippen LogP contribution in [0.25, 0.3) is 0 Å². The van der Waals surface area contributed by atoms with E-state index in [2.05, 4.69) is 38.9 Å². The minimum atomic E-state index is -0.235. The number of nitrogens with one attached hydrogen (secondary N) is 5. The minimum absolute atomic E-state index is 0.0278. The van der Waals surface area contributed by atoms with E-state index < -0.39 is 0 Å². The topological polar surface area (TPSA) is 113 Å². The quantitative estimate of drug-likeness (QED) is 0.0645. The van der Waals surface area contributed by atoms with Gasteiger partial charge < -0.3 is 10.6 Å². The Morgan fingerprint density at radius 3 is 1.90 bits per heavy atom. The van der Waals surface area contributed by atoms with Gasteiger partial charge in [0.1, 0.15) is 6.54 Å². The van der Waals surface area contributed by atoms with Crippen LogP contribution in [-0.2, 0) is 19.2 Å². The maximum absolute atomic E-state index is 11.8. The van der Waals surface area contributed by atoms with Crippen molar-refractivity contribution in [2.75, 3.05) is 26.5 Å². The van der Waals surface area contributed by atoms with Gasteiger partial charge in [-0.25, -0.2) is 4.94 Å². The zero-order valence-corrected chi connectivity index (χ0v) is 20.7. The van der Waals surface area contributed by atoms with Gasteiger partial charge in [-0.05, 0) is 6.42 Å². The molecule has 0 aromatic heterocycles. The summed E-state index contributed by atoms with van der Waals surface area (Å²) in [6.07, 6.45) is 18.0. The number of hydrogen-bond acceptors (Lipinski definition) is 7. The van der Waals surface area contributed by atoms with E-state index in [0.29, 0.717) is 12.7 Å². The van der Waals surface area contributed by atoms with Crippen LogP contribution in [-0.4, -0.2) is 38.4 Å². The second-order valence-corrected chi connectivity index (χ2v) is 8.41. The monoisotopic (exact) mass is 463 g/mol. The number of rotatable bonds is 24. The lowest BCUT2D eigenvalue weighted by atomic mass is 10.0. The standard InChI is InChI=1S/C21H46N5O4P/c1-3-4-5-6-7-8-9-10-11-12-13-14-15-16-20(27)24-19-31-30-26-18-23-21(28)17-25-29-22-2/h22,25-26,31H,3-19H2,1-2H3,(H,23,28)(H,24,27). The van der Waals surface area contributed by atoms with Gasteiger partial charge in [-0.3, -0.25) is 14.2 Å². The molecule has 0 heterocycles. The second kappa shape index (κ2) is 25.4. The Kier molecular flexibility index (Phi) is 24.7. The summed E-state index contributed by atoms with van der Waals surface area (Å²) in [7, 11) is 1.67. The van der Waals surface area contributed by atoms with Gasteiger partial charge in [0, 0.05) is 13.5 Å². The van der Waals surface area contributed by atoms with E-state index in [1.165, 1.54) is 70.6 Å². The van der Waals surface area contributed by atoms with Crippen LogP contribution in [0.3, 0.4) is 0 Å². The molecule has 0 fully saturated rings. The first-order valence-electron chi connectivity index (χ1n) is 11.9. The molecule has 0 aliphatic heterocycles. The van der Waals surface area contributed by atoms with Crippen molar-refractivity contribution in [3.05, 3.63) is 0 Å². The fourth-order valence-electron chi connectivity index (χ4n) is 3.02. The molecule has 0 aromatic rings. The van der Waals surface area contributed by atoms with Crippen LogP contribution < -0.4 is 27.1 Å². The lowest BCUT2D eigenvalue weighted by molar-refractivity contribution is -0.125. The first-order chi connectivity index (χ1) is 15.2. The highest BCUT2D eigenvalue weighted by Gasteiger charge is 2.02. The van der Waals surface area contributed by atoms with Crippen LogP contribution in [0, 0.1) is 0 Å². The Morgan fingerprint density at radius 2 is 1.32 bits per heavy atom. The molecule has 0 saturated heterocycles. The molecule has 2 amide bonds. The Hall–Kier alpha value is -0.830. The van der Waals surface area contributed by atoms with Crippen molar-refractivity contribution in [3.8, 4) is 0 Å². The third kappa shape index (κ3) is 25.3. The van der Waals surface area contributed by atoms with Gasteiger partial charge in [-0.15, -0.1) is 0 Å². The number of carbonyl (C=O) groups is 2. The van der Waals surface area contributed by atoms with E-state index >= 15 is 0 Å². The molecule has 184 valence electrons. The zero-order chi connectivity index (χ0) is 22.8. The molecule has 1 unspecified atom stereocenters. The molecule has 0 aliphatic carbocycles. The third-order valence-electron chi connectivity index (χ3n) is 4.77. The molecular weight excluding hydrogens is 417 g/mol. The average Bonchev–Trinajstić information content (AvgIpc) is 2.76. The van der Waals surface area contributed by atoms with Gasteiger partial charge in [0.2, 0.25) is 11.8 Å². The van der Waals surface area contributed by atoms with Gasteiger partial charge in [-0.2, -0.15) is 16.4 Å². The number of hydroxylamine groups is 3. The summed E-state index contributed by atoms with van der Waals surface area (Å²) < 4.78 is 5.17. The van der Waals surface area contributed by atoms with Crippen molar-refractivity contribution in [1.29, 1.82) is 0 Å². The van der Waals surface area contributed by atoms with Crippen molar-refractivity contribution in [1.82, 2.24) is 27.1 Å². The predicted molar refractivity (Wildman–Crippen MR) is 127 cm³/mol. The van der Waals surface area contributed by atoms with Gasteiger partial charge in [0.25, 0.3) is 0 Å². The Bertz CT molecular complexity index is 419. The third-order valence-corrected chi connectivity index (χ3v) is 5.38. The normalized spacial score (nSPS) is 11.3. The molecule has 1 atom stereocenters. The van der Waals surface area contributed by atoms with E-state index in [9.17, 15) is 9.59 Å². The fourth-order valence-corrected chi connectivity index (χ4v) is 3.54. The summed E-state index contributed by atoms with van der Waals surface area (Å²) >= 11 is 0. The molecule has 0 aromatic carbocycles. The van der Waals surface area contributed by atoms with Crippen molar-refractivity contribution in [2.24, 2.45) is 0 Å². The number of carbonyl (C=O) groups excluding carboxylic acids is 2. The summed E-state index contributed by atoms with van der Waals surface area (Å²) in [5.41, 5.74) is 7.43. The van der Waals surface area contributed by atoms with Crippen LogP contribution in [0.4, 0.5) is 0 Å². The van der Waals surface area contributed by atoms with Gasteiger partial charge >= 0.3 is 0 Å². The molecular formula is C21H46N5O4P. The molecule has 0 spiro atoms. The zero-order valence-electron chi connectivity index (χ0n) is 19.7. The van der Waals surface area contributed by atoms with Gasteiger partial charge in [0.05, 0.1) is 21.8 Å². The maximum atomic E-state index is 11.8.